The highest BCUT2D eigenvalue weighted by molar-refractivity contribution is 7.46. The molecule has 0 amide bonds. The van der Waals surface area contributed by atoms with E-state index in [1.807, 2.05) is 0 Å². The van der Waals surface area contributed by atoms with E-state index in [0.717, 1.165) is 0 Å². The minimum atomic E-state index is -4.83. The van der Waals surface area contributed by atoms with Crippen LogP contribution in [0.15, 0.2) is 0 Å². The monoisotopic (exact) mass is 260 g/mol. The summed E-state index contributed by atoms with van der Waals surface area (Å²) in [5.41, 5.74) is 0. The van der Waals surface area contributed by atoms with E-state index in [1.165, 1.54) is 0 Å². The minimum absolute atomic E-state index is 0.501. The van der Waals surface area contributed by atoms with Gasteiger partial charge >= 0.3 is 7.82 Å². The van der Waals surface area contributed by atoms with E-state index in [4.69, 9.17) is 14.9 Å². The molecule has 1 fully saturated rings. The largest absolute Gasteiger partial charge is 0.469 e. The standard InChI is InChI=1S/C6H13O9P/c7-3-1-14-6(10,5(9)4(3)8)2-15-16(11,12)13/h3-5,7-10H,1-2H2,(H2,11,12,13)/t3-,4-,5?,6?/m0/s1. The fraction of sp³-hybridized carbons (Fsp3) is 1.00. The molecule has 0 aromatic carbocycles. The van der Waals surface area contributed by atoms with Crippen molar-refractivity contribution >= 4 is 7.82 Å². The molecule has 6 N–H and O–H groups in total. The van der Waals surface area contributed by atoms with Gasteiger partial charge in [0.1, 0.15) is 24.9 Å². The Morgan fingerprint density at radius 2 is 1.94 bits per heavy atom. The lowest BCUT2D eigenvalue weighted by molar-refractivity contribution is -0.329. The molecule has 1 aliphatic heterocycles. The van der Waals surface area contributed by atoms with Crippen molar-refractivity contribution in [2.75, 3.05) is 13.2 Å². The number of hydrogen-bond donors (Lipinski definition) is 6. The lowest BCUT2D eigenvalue weighted by Gasteiger charge is -2.41. The van der Waals surface area contributed by atoms with E-state index in [-0.39, 0.29) is 0 Å². The summed E-state index contributed by atoms with van der Waals surface area (Å²) in [5, 5.41) is 37.2. The molecule has 0 radical (unpaired) electrons. The zero-order valence-electron chi connectivity index (χ0n) is 8.00. The summed E-state index contributed by atoms with van der Waals surface area (Å²) in [7, 11) is -4.83. The second-order valence-corrected chi connectivity index (χ2v) is 4.66. The number of phosphoric ester groups is 1. The van der Waals surface area contributed by atoms with Gasteiger partial charge in [0.15, 0.2) is 0 Å². The Morgan fingerprint density at radius 1 is 1.38 bits per heavy atom. The van der Waals surface area contributed by atoms with Gasteiger partial charge in [-0.05, 0) is 0 Å². The smallest absolute Gasteiger partial charge is 0.388 e. The normalized spacial score (nSPS) is 41.0. The van der Waals surface area contributed by atoms with Crippen molar-refractivity contribution < 1.29 is 44.0 Å². The first kappa shape index (κ1) is 14.0. The van der Waals surface area contributed by atoms with Gasteiger partial charge in [-0.1, -0.05) is 0 Å². The van der Waals surface area contributed by atoms with Gasteiger partial charge in [0.25, 0.3) is 0 Å². The average Bonchev–Trinajstić information content (AvgIpc) is 2.18. The molecule has 9 nitrogen and oxygen atoms in total. The molecule has 0 aromatic heterocycles. The van der Waals surface area contributed by atoms with Crippen LogP contribution in [0.4, 0.5) is 0 Å². The van der Waals surface area contributed by atoms with E-state index in [9.17, 15) is 19.9 Å². The number of hydrogen-bond acceptors (Lipinski definition) is 7. The van der Waals surface area contributed by atoms with Crippen LogP contribution in [-0.2, 0) is 13.8 Å². The zero-order valence-corrected chi connectivity index (χ0v) is 8.90. The van der Waals surface area contributed by atoms with Crippen LogP contribution in [0.1, 0.15) is 0 Å². The van der Waals surface area contributed by atoms with Gasteiger partial charge in [0.2, 0.25) is 5.79 Å². The number of rotatable bonds is 3. The summed E-state index contributed by atoms with van der Waals surface area (Å²) < 4.78 is 18.9. The Morgan fingerprint density at radius 3 is 2.44 bits per heavy atom. The van der Waals surface area contributed by atoms with Crippen LogP contribution in [0.2, 0.25) is 0 Å². The molecular weight excluding hydrogens is 247 g/mol. The number of phosphoric acid groups is 1. The van der Waals surface area contributed by atoms with Crippen molar-refractivity contribution in [3.8, 4) is 0 Å². The summed E-state index contributed by atoms with van der Waals surface area (Å²) in [5.74, 6) is -2.47. The van der Waals surface area contributed by atoms with E-state index in [0.29, 0.717) is 0 Å². The summed E-state index contributed by atoms with van der Waals surface area (Å²) in [6, 6.07) is 0. The third kappa shape index (κ3) is 3.20. The topological polar surface area (TPSA) is 157 Å². The van der Waals surface area contributed by atoms with Crippen LogP contribution in [0.5, 0.6) is 0 Å². The van der Waals surface area contributed by atoms with Gasteiger partial charge < -0.3 is 34.9 Å². The molecule has 10 heteroatoms. The highest BCUT2D eigenvalue weighted by Gasteiger charge is 2.49. The predicted molar refractivity (Wildman–Crippen MR) is 46.9 cm³/mol. The summed E-state index contributed by atoms with van der Waals surface area (Å²) in [6.45, 7) is -1.54. The molecule has 0 spiro atoms. The molecule has 0 bridgehead atoms. The first-order valence-electron chi connectivity index (χ1n) is 4.26. The first-order chi connectivity index (χ1) is 7.16. The van der Waals surface area contributed by atoms with Crippen molar-refractivity contribution in [1.82, 2.24) is 0 Å². The Bertz CT molecular complexity index is 290. The third-order valence-corrected chi connectivity index (χ3v) is 2.59. The molecule has 4 atom stereocenters. The molecule has 0 aromatic rings. The van der Waals surface area contributed by atoms with Crippen molar-refractivity contribution in [1.29, 1.82) is 0 Å². The Balaban J connectivity index is 2.66. The maximum absolute atomic E-state index is 10.4. The quantitative estimate of drug-likeness (QED) is 0.289. The molecule has 2 unspecified atom stereocenters. The van der Waals surface area contributed by atoms with Crippen molar-refractivity contribution in [3.63, 3.8) is 0 Å². The highest BCUT2D eigenvalue weighted by atomic mass is 31.2. The van der Waals surface area contributed by atoms with E-state index >= 15 is 0 Å². The van der Waals surface area contributed by atoms with Gasteiger partial charge in [-0.25, -0.2) is 4.57 Å². The van der Waals surface area contributed by atoms with Crippen LogP contribution in [0.3, 0.4) is 0 Å². The highest BCUT2D eigenvalue weighted by Crippen LogP contribution is 2.38. The second kappa shape index (κ2) is 4.65. The maximum atomic E-state index is 10.4. The molecule has 1 rings (SSSR count). The molecule has 0 aliphatic carbocycles. The number of ether oxygens (including phenoxy) is 1. The Hall–Kier alpha value is -0.0900. The summed E-state index contributed by atoms with van der Waals surface area (Å²) in [4.78, 5) is 16.8. The average molecular weight is 260 g/mol. The number of aliphatic hydroxyl groups excluding tert-OH is 3. The lowest BCUT2D eigenvalue weighted by Crippen LogP contribution is -2.62. The predicted octanol–water partition coefficient (Wildman–Crippen LogP) is -3.10. The minimum Gasteiger partial charge on any atom is -0.388 e. The molecule has 96 valence electrons. The molecule has 16 heavy (non-hydrogen) atoms. The van der Waals surface area contributed by atoms with Gasteiger partial charge in [-0.3, -0.25) is 4.52 Å². The SMILES string of the molecule is O=P(O)(O)OCC1(O)OC[C@H](O)[C@H](O)C1O. The number of aliphatic hydroxyl groups is 4. The summed E-state index contributed by atoms with van der Waals surface area (Å²) >= 11 is 0. The second-order valence-electron chi connectivity index (χ2n) is 3.42. The van der Waals surface area contributed by atoms with Crippen LogP contribution in [0.25, 0.3) is 0 Å². The molecule has 0 saturated carbocycles. The molecule has 1 saturated heterocycles. The fourth-order valence-electron chi connectivity index (χ4n) is 1.19. The van der Waals surface area contributed by atoms with E-state index in [1.54, 1.807) is 0 Å². The van der Waals surface area contributed by atoms with E-state index < -0.39 is 45.1 Å². The zero-order chi connectivity index (χ0) is 12.6. The molecule has 1 aliphatic rings. The van der Waals surface area contributed by atoms with Crippen LogP contribution < -0.4 is 0 Å². The molecular formula is C6H13O9P. The van der Waals surface area contributed by atoms with Crippen molar-refractivity contribution in [3.05, 3.63) is 0 Å². The van der Waals surface area contributed by atoms with Crippen molar-refractivity contribution in [2.24, 2.45) is 0 Å². The van der Waals surface area contributed by atoms with Crippen molar-refractivity contribution in [2.45, 2.75) is 24.1 Å². The van der Waals surface area contributed by atoms with Crippen LogP contribution in [-0.4, -0.2) is 67.5 Å². The van der Waals surface area contributed by atoms with Gasteiger partial charge in [0, 0.05) is 0 Å². The van der Waals surface area contributed by atoms with Crippen LogP contribution in [0, 0.1) is 0 Å². The Labute approximate surface area is 90.1 Å². The maximum Gasteiger partial charge on any atom is 0.469 e. The van der Waals surface area contributed by atoms with Gasteiger partial charge in [0.05, 0.1) is 6.61 Å². The lowest BCUT2D eigenvalue weighted by atomic mass is 9.98. The van der Waals surface area contributed by atoms with Gasteiger partial charge in [-0.15, -0.1) is 0 Å². The molecule has 1 heterocycles. The fourth-order valence-corrected chi connectivity index (χ4v) is 1.55. The van der Waals surface area contributed by atoms with E-state index in [2.05, 4.69) is 9.26 Å². The van der Waals surface area contributed by atoms with Crippen LogP contribution >= 0.6 is 7.82 Å². The Kier molecular flexibility index (Phi) is 4.06. The van der Waals surface area contributed by atoms with Gasteiger partial charge in [-0.2, -0.15) is 0 Å². The third-order valence-electron chi connectivity index (χ3n) is 2.12. The summed E-state index contributed by atoms with van der Waals surface area (Å²) in [6.07, 6.45) is -5.03. The first-order valence-corrected chi connectivity index (χ1v) is 5.79.